The smallest absolute Gasteiger partial charge is 0.222 e. The molecule has 0 aliphatic carbocycles. The van der Waals surface area contributed by atoms with Gasteiger partial charge in [-0.25, -0.2) is 4.99 Å². The zero-order valence-electron chi connectivity index (χ0n) is 19.6. The summed E-state index contributed by atoms with van der Waals surface area (Å²) in [6.45, 7) is 16.1. The quantitative estimate of drug-likeness (QED) is 0.330. The second kappa shape index (κ2) is 12.6. The van der Waals surface area contributed by atoms with E-state index < -0.39 is 0 Å². The van der Waals surface area contributed by atoms with Gasteiger partial charge in [-0.3, -0.25) is 9.69 Å². The van der Waals surface area contributed by atoms with Gasteiger partial charge >= 0.3 is 0 Å². The van der Waals surface area contributed by atoms with E-state index in [0.717, 1.165) is 45.0 Å². The van der Waals surface area contributed by atoms with Crippen LogP contribution in [-0.2, 0) is 17.9 Å². The maximum atomic E-state index is 12.0. The third-order valence-electron chi connectivity index (χ3n) is 5.61. The molecule has 2 rings (SSSR count). The highest BCUT2D eigenvalue weighted by Crippen LogP contribution is 2.17. The summed E-state index contributed by atoms with van der Waals surface area (Å²) < 4.78 is 0. The molecule has 2 N–H and O–H groups in total. The number of nitrogens with zero attached hydrogens (tertiary/aromatic N) is 3. The molecule has 0 bridgehead atoms. The summed E-state index contributed by atoms with van der Waals surface area (Å²) in [6.07, 6.45) is 2.73. The molecule has 1 aliphatic heterocycles. The first-order valence-electron chi connectivity index (χ1n) is 11.5. The lowest BCUT2D eigenvalue weighted by Gasteiger charge is -2.30. The summed E-state index contributed by atoms with van der Waals surface area (Å²) in [4.78, 5) is 21.3. The number of carbonyl (C=O) groups is 1. The van der Waals surface area contributed by atoms with E-state index in [9.17, 15) is 4.79 Å². The number of hydrogen-bond donors (Lipinski definition) is 2. The van der Waals surface area contributed by atoms with Crippen molar-refractivity contribution in [2.24, 2.45) is 4.99 Å². The monoisotopic (exact) mass is 415 g/mol. The lowest BCUT2D eigenvalue weighted by atomic mass is 10.1. The third kappa shape index (κ3) is 7.63. The number of likely N-dealkylation sites (tertiary alicyclic amines) is 1. The normalized spacial score (nSPS) is 15.0. The Morgan fingerprint density at radius 1 is 1.13 bits per heavy atom. The molecule has 0 saturated carbocycles. The van der Waals surface area contributed by atoms with Gasteiger partial charge in [0.25, 0.3) is 0 Å². The summed E-state index contributed by atoms with van der Waals surface area (Å²) in [5.41, 5.74) is 2.37. The molecule has 0 unspecified atom stereocenters. The second-order valence-corrected chi connectivity index (χ2v) is 8.59. The summed E-state index contributed by atoms with van der Waals surface area (Å²) in [5, 5.41) is 6.82. The van der Waals surface area contributed by atoms with Crippen molar-refractivity contribution in [1.29, 1.82) is 0 Å². The number of nitrogens with one attached hydrogen (secondary N) is 2. The van der Waals surface area contributed by atoms with Gasteiger partial charge < -0.3 is 15.5 Å². The SMILES string of the molecule is CCNC(=NCc1ccccc1CN1CCCC1=O)NCCCN(C(C)C)C(C)C. The summed E-state index contributed by atoms with van der Waals surface area (Å²) in [7, 11) is 0. The van der Waals surface area contributed by atoms with Crippen LogP contribution in [0.4, 0.5) is 0 Å². The molecule has 1 amide bonds. The highest BCUT2D eigenvalue weighted by Gasteiger charge is 2.20. The van der Waals surface area contributed by atoms with E-state index in [0.29, 0.717) is 31.6 Å². The molecule has 30 heavy (non-hydrogen) atoms. The van der Waals surface area contributed by atoms with Gasteiger partial charge in [0.05, 0.1) is 6.54 Å². The molecule has 1 aromatic carbocycles. The Morgan fingerprint density at radius 2 is 1.83 bits per heavy atom. The van der Waals surface area contributed by atoms with Crippen LogP contribution >= 0.6 is 0 Å². The molecule has 168 valence electrons. The Hall–Kier alpha value is -2.08. The van der Waals surface area contributed by atoms with Crippen LogP contribution in [0.15, 0.2) is 29.3 Å². The van der Waals surface area contributed by atoms with Crippen molar-refractivity contribution in [2.45, 2.75) is 79.1 Å². The molecule has 6 nitrogen and oxygen atoms in total. The highest BCUT2D eigenvalue weighted by molar-refractivity contribution is 5.79. The van der Waals surface area contributed by atoms with Gasteiger partial charge in [0.15, 0.2) is 5.96 Å². The zero-order valence-corrected chi connectivity index (χ0v) is 19.6. The lowest BCUT2D eigenvalue weighted by Crippen LogP contribution is -2.41. The van der Waals surface area contributed by atoms with Crippen molar-refractivity contribution in [2.75, 3.05) is 26.2 Å². The highest BCUT2D eigenvalue weighted by atomic mass is 16.2. The van der Waals surface area contributed by atoms with E-state index in [1.165, 1.54) is 11.1 Å². The standard InChI is InChI=1S/C24H41N5O/c1-6-25-24(26-14-10-16-29(19(2)3)20(4)5)27-17-21-11-7-8-12-22(21)18-28-15-9-13-23(28)30/h7-8,11-12,19-20H,6,9-10,13-18H2,1-5H3,(H2,25,26,27). The Balaban J connectivity index is 1.92. The predicted molar refractivity (Wildman–Crippen MR) is 126 cm³/mol. The first-order valence-corrected chi connectivity index (χ1v) is 11.5. The molecule has 1 heterocycles. The van der Waals surface area contributed by atoms with Crippen LogP contribution in [-0.4, -0.2) is 59.9 Å². The van der Waals surface area contributed by atoms with Gasteiger partial charge in [-0.2, -0.15) is 0 Å². The average Bonchev–Trinajstić information content (AvgIpc) is 3.10. The van der Waals surface area contributed by atoms with Crippen LogP contribution in [0, 0.1) is 0 Å². The molecule has 6 heteroatoms. The van der Waals surface area contributed by atoms with Crippen molar-refractivity contribution in [3.8, 4) is 0 Å². The molecule has 1 aliphatic rings. The van der Waals surface area contributed by atoms with Gasteiger partial charge in [-0.15, -0.1) is 0 Å². The minimum absolute atomic E-state index is 0.264. The summed E-state index contributed by atoms with van der Waals surface area (Å²) in [5.74, 6) is 1.12. The van der Waals surface area contributed by atoms with Crippen molar-refractivity contribution >= 4 is 11.9 Å². The number of carbonyl (C=O) groups excluding carboxylic acids is 1. The van der Waals surface area contributed by atoms with Crippen LogP contribution < -0.4 is 10.6 Å². The fourth-order valence-corrected chi connectivity index (χ4v) is 4.03. The minimum Gasteiger partial charge on any atom is -0.357 e. The van der Waals surface area contributed by atoms with E-state index in [-0.39, 0.29) is 5.91 Å². The second-order valence-electron chi connectivity index (χ2n) is 8.59. The molecular weight excluding hydrogens is 374 g/mol. The maximum absolute atomic E-state index is 12.0. The zero-order chi connectivity index (χ0) is 21.9. The number of amides is 1. The Bertz CT molecular complexity index is 678. The minimum atomic E-state index is 0.264. The van der Waals surface area contributed by atoms with Crippen molar-refractivity contribution in [3.05, 3.63) is 35.4 Å². The first-order chi connectivity index (χ1) is 14.4. The predicted octanol–water partition coefficient (Wildman–Crippen LogP) is 3.37. The van der Waals surface area contributed by atoms with Gasteiger partial charge in [0.2, 0.25) is 5.91 Å². The van der Waals surface area contributed by atoms with Crippen LogP contribution in [0.25, 0.3) is 0 Å². The van der Waals surface area contributed by atoms with E-state index in [2.05, 4.69) is 62.3 Å². The molecule has 1 saturated heterocycles. The molecule has 0 spiro atoms. The molecule has 0 atom stereocenters. The Labute approximate surface area is 183 Å². The van der Waals surface area contributed by atoms with Gasteiger partial charge in [0, 0.05) is 51.2 Å². The molecule has 1 fully saturated rings. The molecular formula is C24H41N5O. The first kappa shape index (κ1) is 24.2. The number of hydrogen-bond acceptors (Lipinski definition) is 3. The summed E-state index contributed by atoms with van der Waals surface area (Å²) in [6, 6.07) is 9.45. The molecule has 0 radical (unpaired) electrons. The fraction of sp³-hybridized carbons (Fsp3) is 0.667. The van der Waals surface area contributed by atoms with E-state index in [1.54, 1.807) is 0 Å². The number of benzene rings is 1. The van der Waals surface area contributed by atoms with Crippen LogP contribution in [0.3, 0.4) is 0 Å². The number of rotatable bonds is 11. The maximum Gasteiger partial charge on any atom is 0.222 e. The van der Waals surface area contributed by atoms with Crippen molar-refractivity contribution in [3.63, 3.8) is 0 Å². The van der Waals surface area contributed by atoms with E-state index in [4.69, 9.17) is 4.99 Å². The third-order valence-corrected chi connectivity index (χ3v) is 5.61. The number of aliphatic imine (C=N–C) groups is 1. The van der Waals surface area contributed by atoms with E-state index >= 15 is 0 Å². The van der Waals surface area contributed by atoms with Crippen molar-refractivity contribution in [1.82, 2.24) is 20.4 Å². The topological polar surface area (TPSA) is 60.0 Å². The van der Waals surface area contributed by atoms with Gasteiger partial charge in [-0.1, -0.05) is 24.3 Å². The number of guanidine groups is 1. The average molecular weight is 416 g/mol. The summed E-state index contributed by atoms with van der Waals surface area (Å²) >= 11 is 0. The largest absolute Gasteiger partial charge is 0.357 e. The fourth-order valence-electron chi connectivity index (χ4n) is 4.03. The Kier molecular flexibility index (Phi) is 10.1. The lowest BCUT2D eigenvalue weighted by molar-refractivity contribution is -0.128. The van der Waals surface area contributed by atoms with E-state index in [1.807, 2.05) is 17.0 Å². The van der Waals surface area contributed by atoms with Gasteiger partial charge in [0.1, 0.15) is 0 Å². The molecule has 1 aromatic rings. The Morgan fingerprint density at radius 3 is 2.43 bits per heavy atom. The molecule has 0 aromatic heterocycles. The van der Waals surface area contributed by atoms with Crippen molar-refractivity contribution < 1.29 is 4.79 Å². The van der Waals surface area contributed by atoms with Crippen LogP contribution in [0.5, 0.6) is 0 Å². The van der Waals surface area contributed by atoms with Gasteiger partial charge in [-0.05, 0) is 58.6 Å². The van der Waals surface area contributed by atoms with Crippen LogP contribution in [0.1, 0.15) is 65.0 Å². The van der Waals surface area contributed by atoms with Crippen LogP contribution in [0.2, 0.25) is 0 Å².